The first-order valence-electron chi connectivity index (χ1n) is 7.55. The van der Waals surface area contributed by atoms with Crippen LogP contribution >= 0.6 is 11.8 Å². The lowest BCUT2D eigenvalue weighted by atomic mass is 10.2. The number of nitro groups is 1. The van der Waals surface area contributed by atoms with Gasteiger partial charge in [-0.25, -0.2) is 0 Å². The predicted octanol–water partition coefficient (Wildman–Crippen LogP) is 3.05. The molecule has 0 aromatic heterocycles. The van der Waals surface area contributed by atoms with E-state index in [4.69, 9.17) is 0 Å². The first-order chi connectivity index (χ1) is 11.7. The average molecular weight is 344 g/mol. The van der Waals surface area contributed by atoms with Crippen LogP contribution in [-0.4, -0.2) is 30.2 Å². The molecular formula is C17H20N4O2S. The Morgan fingerprint density at radius 2 is 1.83 bits per heavy atom. The van der Waals surface area contributed by atoms with E-state index in [-0.39, 0.29) is 10.6 Å². The minimum Gasteiger partial charge on any atom is -0.356 e. The van der Waals surface area contributed by atoms with Gasteiger partial charge in [-0.2, -0.15) is 0 Å². The molecule has 0 spiro atoms. The molecule has 2 aromatic carbocycles. The molecule has 0 amide bonds. The fourth-order valence-electron chi connectivity index (χ4n) is 2.09. The summed E-state index contributed by atoms with van der Waals surface area (Å²) < 4.78 is 0. The number of hydrogen-bond donors (Lipinski definition) is 2. The second-order valence-corrected chi connectivity index (χ2v) is 6.07. The molecule has 0 saturated carbocycles. The van der Waals surface area contributed by atoms with Crippen LogP contribution in [0.1, 0.15) is 5.56 Å². The highest BCUT2D eigenvalue weighted by Gasteiger charge is 2.12. The van der Waals surface area contributed by atoms with Gasteiger partial charge in [0.25, 0.3) is 5.69 Å². The third kappa shape index (κ3) is 5.58. The lowest BCUT2D eigenvalue weighted by Crippen LogP contribution is -2.38. The monoisotopic (exact) mass is 344 g/mol. The Hall–Kier alpha value is -2.54. The van der Waals surface area contributed by atoms with Crippen molar-refractivity contribution in [2.24, 2.45) is 4.99 Å². The zero-order chi connectivity index (χ0) is 17.2. The van der Waals surface area contributed by atoms with Crippen molar-refractivity contribution in [1.82, 2.24) is 10.6 Å². The van der Waals surface area contributed by atoms with Crippen molar-refractivity contribution in [2.45, 2.75) is 11.4 Å². The van der Waals surface area contributed by atoms with Crippen LogP contribution in [0.4, 0.5) is 5.69 Å². The van der Waals surface area contributed by atoms with Gasteiger partial charge >= 0.3 is 0 Å². The predicted molar refractivity (Wildman–Crippen MR) is 98.5 cm³/mol. The van der Waals surface area contributed by atoms with E-state index in [1.165, 1.54) is 11.0 Å². The van der Waals surface area contributed by atoms with Crippen molar-refractivity contribution in [2.75, 3.05) is 19.3 Å². The number of thioether (sulfide) groups is 1. The molecule has 0 bridgehead atoms. The van der Waals surface area contributed by atoms with Crippen LogP contribution in [-0.2, 0) is 6.54 Å². The Morgan fingerprint density at radius 1 is 1.12 bits per heavy atom. The number of aliphatic imine (C=N–C) groups is 1. The first kappa shape index (κ1) is 17.8. The maximum Gasteiger partial charge on any atom is 0.274 e. The largest absolute Gasteiger partial charge is 0.356 e. The molecular weight excluding hydrogens is 324 g/mol. The SMILES string of the molecule is CN=C(NCCSc1ccccc1)NCc1ccccc1[N+](=O)[O-]. The number of guanidine groups is 1. The lowest BCUT2D eigenvalue weighted by Gasteiger charge is -2.12. The van der Waals surface area contributed by atoms with Gasteiger partial charge in [0.1, 0.15) is 0 Å². The zero-order valence-corrected chi connectivity index (χ0v) is 14.3. The minimum atomic E-state index is -0.371. The summed E-state index contributed by atoms with van der Waals surface area (Å²) in [6.07, 6.45) is 0. The Morgan fingerprint density at radius 3 is 2.54 bits per heavy atom. The molecule has 0 aliphatic carbocycles. The highest BCUT2D eigenvalue weighted by Crippen LogP contribution is 2.17. The zero-order valence-electron chi connectivity index (χ0n) is 13.4. The summed E-state index contributed by atoms with van der Waals surface area (Å²) in [4.78, 5) is 16.0. The summed E-state index contributed by atoms with van der Waals surface area (Å²) >= 11 is 1.76. The summed E-state index contributed by atoms with van der Waals surface area (Å²) in [6, 6.07) is 16.9. The van der Waals surface area contributed by atoms with Gasteiger partial charge in [0, 0.05) is 42.4 Å². The van der Waals surface area contributed by atoms with Crippen molar-refractivity contribution in [3.63, 3.8) is 0 Å². The van der Waals surface area contributed by atoms with Gasteiger partial charge in [-0.1, -0.05) is 36.4 Å². The second kappa shape index (κ2) is 9.57. The van der Waals surface area contributed by atoms with E-state index < -0.39 is 0 Å². The van der Waals surface area contributed by atoms with E-state index in [9.17, 15) is 10.1 Å². The lowest BCUT2D eigenvalue weighted by molar-refractivity contribution is -0.385. The summed E-state index contributed by atoms with van der Waals surface area (Å²) in [5.74, 6) is 1.53. The van der Waals surface area contributed by atoms with E-state index in [2.05, 4.69) is 27.8 Å². The minimum absolute atomic E-state index is 0.111. The summed E-state index contributed by atoms with van der Waals surface area (Å²) in [5, 5.41) is 17.3. The van der Waals surface area contributed by atoms with Crippen LogP contribution in [0.2, 0.25) is 0 Å². The number of rotatable bonds is 7. The van der Waals surface area contributed by atoms with Crippen LogP contribution in [0.15, 0.2) is 64.5 Å². The van der Waals surface area contributed by atoms with E-state index in [1.807, 2.05) is 18.2 Å². The van der Waals surface area contributed by atoms with Crippen LogP contribution in [0.3, 0.4) is 0 Å². The third-order valence-corrected chi connectivity index (χ3v) is 4.28. The molecule has 0 saturated heterocycles. The van der Waals surface area contributed by atoms with Gasteiger partial charge < -0.3 is 10.6 Å². The van der Waals surface area contributed by atoms with Gasteiger partial charge in [-0.3, -0.25) is 15.1 Å². The standard InChI is InChI=1S/C17H20N4O2S/c1-18-17(19-11-12-24-15-8-3-2-4-9-15)20-13-14-7-5-6-10-16(14)21(22)23/h2-10H,11-13H2,1H3,(H2,18,19,20). The van der Waals surface area contributed by atoms with Crippen LogP contribution in [0.25, 0.3) is 0 Å². The fourth-order valence-corrected chi connectivity index (χ4v) is 2.88. The normalized spacial score (nSPS) is 11.1. The van der Waals surface area contributed by atoms with Crippen molar-refractivity contribution in [3.8, 4) is 0 Å². The van der Waals surface area contributed by atoms with Gasteiger partial charge in [-0.15, -0.1) is 11.8 Å². The molecule has 0 heterocycles. The Balaban J connectivity index is 1.78. The topological polar surface area (TPSA) is 79.6 Å². The number of nitrogens with zero attached hydrogens (tertiary/aromatic N) is 2. The number of nitrogens with one attached hydrogen (secondary N) is 2. The van der Waals surface area contributed by atoms with Crippen molar-refractivity contribution in [1.29, 1.82) is 0 Å². The van der Waals surface area contributed by atoms with Crippen molar-refractivity contribution in [3.05, 3.63) is 70.3 Å². The molecule has 2 rings (SSSR count). The van der Waals surface area contributed by atoms with Gasteiger partial charge in [0.15, 0.2) is 5.96 Å². The first-order valence-corrected chi connectivity index (χ1v) is 8.54. The van der Waals surface area contributed by atoms with Gasteiger partial charge in [0.05, 0.1) is 4.92 Å². The highest BCUT2D eigenvalue weighted by molar-refractivity contribution is 7.99. The Kier molecular flexibility index (Phi) is 7.10. The summed E-state index contributed by atoms with van der Waals surface area (Å²) in [5.41, 5.74) is 0.740. The van der Waals surface area contributed by atoms with E-state index in [1.54, 1.807) is 37.0 Å². The number of nitro benzene ring substituents is 1. The number of benzene rings is 2. The third-order valence-electron chi connectivity index (χ3n) is 3.26. The molecule has 0 atom stereocenters. The fraction of sp³-hybridized carbons (Fsp3) is 0.235. The van der Waals surface area contributed by atoms with Gasteiger partial charge in [-0.05, 0) is 12.1 Å². The molecule has 126 valence electrons. The molecule has 7 heteroatoms. The van der Waals surface area contributed by atoms with Gasteiger partial charge in [0.2, 0.25) is 0 Å². The molecule has 0 fully saturated rings. The Labute approximate surface area is 145 Å². The number of para-hydroxylation sites is 1. The smallest absolute Gasteiger partial charge is 0.274 e. The maximum absolute atomic E-state index is 11.0. The molecule has 0 aliphatic rings. The molecule has 6 nitrogen and oxygen atoms in total. The van der Waals surface area contributed by atoms with Crippen molar-refractivity contribution < 1.29 is 4.92 Å². The maximum atomic E-state index is 11.0. The van der Waals surface area contributed by atoms with Crippen LogP contribution in [0.5, 0.6) is 0 Å². The molecule has 2 aromatic rings. The molecule has 0 unspecified atom stereocenters. The summed E-state index contributed by atoms with van der Waals surface area (Å²) in [7, 11) is 1.68. The van der Waals surface area contributed by atoms with Crippen molar-refractivity contribution >= 4 is 23.4 Å². The van der Waals surface area contributed by atoms with E-state index in [0.29, 0.717) is 18.1 Å². The summed E-state index contributed by atoms with van der Waals surface area (Å²) in [6.45, 7) is 1.10. The van der Waals surface area contributed by atoms with Crippen LogP contribution in [0, 0.1) is 10.1 Å². The second-order valence-electron chi connectivity index (χ2n) is 4.90. The Bertz CT molecular complexity index is 692. The number of hydrogen-bond acceptors (Lipinski definition) is 4. The van der Waals surface area contributed by atoms with E-state index in [0.717, 1.165) is 12.3 Å². The van der Waals surface area contributed by atoms with E-state index >= 15 is 0 Å². The average Bonchev–Trinajstić information content (AvgIpc) is 2.62. The van der Waals surface area contributed by atoms with Crippen LogP contribution < -0.4 is 10.6 Å². The molecule has 24 heavy (non-hydrogen) atoms. The molecule has 0 aliphatic heterocycles. The molecule has 0 radical (unpaired) electrons. The quantitative estimate of drug-likeness (QED) is 0.201. The molecule has 2 N–H and O–H groups in total. The highest BCUT2D eigenvalue weighted by atomic mass is 32.2.